The molecule has 0 atom stereocenters. The van der Waals surface area contributed by atoms with Gasteiger partial charge in [0.1, 0.15) is 13.8 Å². The van der Waals surface area contributed by atoms with E-state index in [9.17, 15) is 0 Å². The van der Waals surface area contributed by atoms with Crippen molar-refractivity contribution >= 4 is 8.07 Å². The number of hydrogen-bond acceptors (Lipinski definition) is 3. The maximum atomic E-state index is 5.97. The first-order chi connectivity index (χ1) is 10.4. The van der Waals surface area contributed by atoms with E-state index in [-0.39, 0.29) is 0 Å². The smallest absolute Gasteiger partial charge is 0.134 e. The average molecular weight is 317 g/mol. The SMILES string of the molecule is COc1ccc(CN2CCC(N)CC2)cc1C#C[Si](C)(C)C. The van der Waals surface area contributed by atoms with Gasteiger partial charge >= 0.3 is 0 Å². The molecule has 0 spiro atoms. The zero-order valence-electron chi connectivity index (χ0n) is 14.3. The van der Waals surface area contributed by atoms with Crippen molar-refractivity contribution in [2.45, 2.75) is 45.1 Å². The van der Waals surface area contributed by atoms with Crippen LogP contribution in [-0.4, -0.2) is 39.2 Å². The van der Waals surface area contributed by atoms with Crippen LogP contribution in [0.2, 0.25) is 19.6 Å². The predicted octanol–water partition coefficient (Wildman–Crippen LogP) is 2.85. The number of nitrogens with zero attached hydrogens (tertiary/aromatic N) is 1. The second kappa shape index (κ2) is 7.32. The summed E-state index contributed by atoms with van der Waals surface area (Å²) in [6.07, 6.45) is 2.19. The zero-order chi connectivity index (χ0) is 16.2. The van der Waals surface area contributed by atoms with Gasteiger partial charge in [-0.25, -0.2) is 0 Å². The van der Waals surface area contributed by atoms with E-state index in [2.05, 4.69) is 48.1 Å². The molecule has 3 nitrogen and oxygen atoms in total. The van der Waals surface area contributed by atoms with E-state index in [4.69, 9.17) is 10.5 Å². The Kier molecular flexibility index (Phi) is 5.68. The molecule has 0 bridgehead atoms. The summed E-state index contributed by atoms with van der Waals surface area (Å²) in [5.74, 6) is 4.21. The van der Waals surface area contributed by atoms with Gasteiger partial charge in [-0.05, 0) is 43.6 Å². The van der Waals surface area contributed by atoms with E-state index < -0.39 is 8.07 Å². The van der Waals surface area contributed by atoms with Crippen molar-refractivity contribution in [2.24, 2.45) is 5.73 Å². The number of rotatable bonds is 3. The van der Waals surface area contributed by atoms with Crippen LogP contribution >= 0.6 is 0 Å². The van der Waals surface area contributed by atoms with Gasteiger partial charge in [0.2, 0.25) is 0 Å². The summed E-state index contributed by atoms with van der Waals surface area (Å²) in [5.41, 5.74) is 11.7. The average Bonchev–Trinajstić information content (AvgIpc) is 2.47. The molecule has 1 aliphatic rings. The van der Waals surface area contributed by atoms with Gasteiger partial charge in [-0.1, -0.05) is 31.6 Å². The number of likely N-dealkylation sites (tertiary alicyclic amines) is 1. The lowest BCUT2D eigenvalue weighted by Gasteiger charge is -2.30. The molecule has 2 N–H and O–H groups in total. The molecule has 1 aromatic carbocycles. The summed E-state index contributed by atoms with van der Waals surface area (Å²) in [6.45, 7) is 9.92. The molecular formula is C18H28N2OSi. The lowest BCUT2D eigenvalue weighted by Crippen LogP contribution is -2.39. The summed E-state index contributed by atoms with van der Waals surface area (Å²) in [4.78, 5) is 2.47. The molecule has 4 heteroatoms. The Morgan fingerprint density at radius 3 is 2.55 bits per heavy atom. The topological polar surface area (TPSA) is 38.5 Å². The molecule has 1 heterocycles. The first-order valence-corrected chi connectivity index (χ1v) is 11.6. The summed E-state index contributed by atoms with van der Waals surface area (Å²) in [6, 6.07) is 6.75. The lowest BCUT2D eigenvalue weighted by atomic mass is 10.0. The van der Waals surface area contributed by atoms with E-state index in [0.29, 0.717) is 6.04 Å². The largest absolute Gasteiger partial charge is 0.495 e. The minimum absolute atomic E-state index is 0.380. The Hall–Kier alpha value is -1.28. The van der Waals surface area contributed by atoms with Crippen molar-refractivity contribution in [1.29, 1.82) is 0 Å². The van der Waals surface area contributed by atoms with Crippen LogP contribution in [0.1, 0.15) is 24.0 Å². The molecule has 1 aromatic rings. The first-order valence-electron chi connectivity index (χ1n) is 8.05. The van der Waals surface area contributed by atoms with Gasteiger partial charge in [0.15, 0.2) is 0 Å². The summed E-state index contributed by atoms with van der Waals surface area (Å²) < 4.78 is 5.45. The number of nitrogens with two attached hydrogens (primary N) is 1. The molecule has 0 saturated carbocycles. The highest BCUT2D eigenvalue weighted by atomic mass is 28.3. The van der Waals surface area contributed by atoms with E-state index in [1.807, 2.05) is 6.07 Å². The van der Waals surface area contributed by atoms with Crippen LogP contribution in [-0.2, 0) is 6.54 Å². The standard InChI is InChI=1S/C18H28N2OSi/c1-21-18-6-5-15(13-16(18)9-12-22(2,3)4)14-20-10-7-17(19)8-11-20/h5-6,13,17H,7-8,10-11,14,19H2,1-4H3. The van der Waals surface area contributed by atoms with Crippen LogP contribution in [0.15, 0.2) is 18.2 Å². The van der Waals surface area contributed by atoms with Gasteiger partial charge in [0, 0.05) is 12.6 Å². The third kappa shape index (κ3) is 5.17. The highest BCUT2D eigenvalue weighted by molar-refractivity contribution is 6.83. The van der Waals surface area contributed by atoms with Crippen molar-refractivity contribution < 1.29 is 4.74 Å². The molecule has 0 amide bonds. The third-order valence-corrected chi connectivity index (χ3v) is 4.75. The molecule has 1 saturated heterocycles. The molecular weight excluding hydrogens is 288 g/mol. The summed E-state index contributed by atoms with van der Waals surface area (Å²) in [5, 5.41) is 0. The Bertz CT molecular complexity index is 561. The van der Waals surface area contributed by atoms with Crippen molar-refractivity contribution in [3.8, 4) is 17.2 Å². The minimum atomic E-state index is -1.38. The lowest BCUT2D eigenvalue weighted by molar-refractivity contribution is 0.205. The van der Waals surface area contributed by atoms with Gasteiger partial charge in [-0.2, -0.15) is 0 Å². The first kappa shape index (κ1) is 17.1. The van der Waals surface area contributed by atoms with E-state index in [0.717, 1.165) is 43.8 Å². The predicted molar refractivity (Wildman–Crippen MR) is 95.7 cm³/mol. The Labute approximate surface area is 135 Å². The third-order valence-electron chi connectivity index (χ3n) is 3.87. The summed E-state index contributed by atoms with van der Waals surface area (Å²) in [7, 11) is 0.325. The molecule has 120 valence electrons. The fraction of sp³-hybridized carbons (Fsp3) is 0.556. The van der Waals surface area contributed by atoms with Crippen LogP contribution in [0.3, 0.4) is 0 Å². The molecule has 0 aliphatic carbocycles. The number of methoxy groups -OCH3 is 1. The van der Waals surface area contributed by atoms with Gasteiger partial charge in [0.25, 0.3) is 0 Å². The monoisotopic (exact) mass is 316 g/mol. The molecule has 1 aliphatic heterocycles. The van der Waals surface area contributed by atoms with E-state index in [1.54, 1.807) is 7.11 Å². The second-order valence-electron chi connectivity index (χ2n) is 7.15. The van der Waals surface area contributed by atoms with Crippen LogP contribution < -0.4 is 10.5 Å². The highest BCUT2D eigenvalue weighted by Crippen LogP contribution is 2.21. The Balaban J connectivity index is 2.14. The maximum Gasteiger partial charge on any atom is 0.134 e. The van der Waals surface area contributed by atoms with Crippen LogP contribution in [0, 0.1) is 11.5 Å². The van der Waals surface area contributed by atoms with Gasteiger partial charge in [-0.15, -0.1) is 5.54 Å². The van der Waals surface area contributed by atoms with E-state index >= 15 is 0 Å². The maximum absolute atomic E-state index is 5.97. The molecule has 22 heavy (non-hydrogen) atoms. The van der Waals surface area contributed by atoms with Crippen molar-refractivity contribution in [3.05, 3.63) is 29.3 Å². The van der Waals surface area contributed by atoms with Crippen molar-refractivity contribution in [1.82, 2.24) is 4.90 Å². The van der Waals surface area contributed by atoms with Crippen LogP contribution in [0.25, 0.3) is 0 Å². The molecule has 0 radical (unpaired) electrons. The van der Waals surface area contributed by atoms with Crippen molar-refractivity contribution in [2.75, 3.05) is 20.2 Å². The number of piperidine rings is 1. The fourth-order valence-electron chi connectivity index (χ4n) is 2.58. The molecule has 2 rings (SSSR count). The van der Waals surface area contributed by atoms with Gasteiger partial charge in [0.05, 0.1) is 12.7 Å². The molecule has 1 fully saturated rings. The van der Waals surface area contributed by atoms with Crippen LogP contribution in [0.4, 0.5) is 0 Å². The van der Waals surface area contributed by atoms with Gasteiger partial charge in [-0.3, -0.25) is 4.90 Å². The summed E-state index contributed by atoms with van der Waals surface area (Å²) >= 11 is 0. The number of ether oxygens (including phenoxy) is 1. The Morgan fingerprint density at radius 2 is 1.95 bits per heavy atom. The highest BCUT2D eigenvalue weighted by Gasteiger charge is 2.16. The zero-order valence-corrected chi connectivity index (χ0v) is 15.3. The van der Waals surface area contributed by atoms with Crippen molar-refractivity contribution in [3.63, 3.8) is 0 Å². The van der Waals surface area contributed by atoms with E-state index in [1.165, 1.54) is 5.56 Å². The quantitative estimate of drug-likeness (QED) is 0.688. The number of hydrogen-bond donors (Lipinski definition) is 1. The fourth-order valence-corrected chi connectivity index (χ4v) is 3.08. The van der Waals surface area contributed by atoms with Gasteiger partial charge < -0.3 is 10.5 Å². The molecule has 0 unspecified atom stereocenters. The normalized spacial score (nSPS) is 17.0. The Morgan fingerprint density at radius 1 is 1.27 bits per heavy atom. The molecule has 0 aromatic heterocycles. The number of benzene rings is 1. The van der Waals surface area contributed by atoms with Crippen LogP contribution in [0.5, 0.6) is 5.75 Å². The second-order valence-corrected chi connectivity index (χ2v) is 11.9. The minimum Gasteiger partial charge on any atom is -0.495 e.